The van der Waals surface area contributed by atoms with Gasteiger partial charge in [-0.05, 0) is 32.7 Å². The van der Waals surface area contributed by atoms with Crippen molar-refractivity contribution < 1.29 is 19.4 Å². The van der Waals surface area contributed by atoms with E-state index in [0.717, 1.165) is 38.5 Å². The lowest BCUT2D eigenvalue weighted by Crippen LogP contribution is -2.07. The highest BCUT2D eigenvalue weighted by atomic mass is 16.6. The molecule has 0 saturated heterocycles. The maximum absolute atomic E-state index is 12.0. The molecule has 0 fully saturated rings. The number of aromatic nitrogens is 4. The number of carbonyl (C=O) groups is 2. The minimum absolute atomic E-state index is 0.146. The van der Waals surface area contributed by atoms with Crippen LogP contribution < -0.4 is 0 Å². The van der Waals surface area contributed by atoms with Crippen molar-refractivity contribution in [2.75, 3.05) is 0 Å². The monoisotopic (exact) mass is 560 g/mol. The molecule has 0 amide bonds. The fraction of sp³-hybridized carbons (Fsp3) is 0.714. The van der Waals surface area contributed by atoms with Gasteiger partial charge in [0.25, 0.3) is 0 Å². The lowest BCUT2D eigenvalue weighted by Gasteiger charge is -2.04. The van der Waals surface area contributed by atoms with Gasteiger partial charge in [0.05, 0.1) is 0 Å². The van der Waals surface area contributed by atoms with Crippen molar-refractivity contribution in [1.29, 1.82) is 0 Å². The van der Waals surface area contributed by atoms with Gasteiger partial charge in [0.1, 0.15) is 12.4 Å². The zero-order chi connectivity index (χ0) is 29.0. The van der Waals surface area contributed by atoms with Gasteiger partial charge in [0.15, 0.2) is 0 Å². The Hall–Kier alpha value is -3.44. The number of imidazole rings is 2. The first kappa shape index (κ1) is 32.8. The van der Waals surface area contributed by atoms with E-state index in [2.05, 4.69) is 9.97 Å². The van der Waals surface area contributed by atoms with Gasteiger partial charge in [-0.2, -0.15) is 0 Å². The Morgan fingerprint density at radius 1 is 0.525 bits per heavy atom. The van der Waals surface area contributed by atoms with Crippen molar-refractivity contribution in [3.05, 3.63) is 45.3 Å². The third kappa shape index (κ3) is 13.6. The van der Waals surface area contributed by atoms with Gasteiger partial charge >= 0.3 is 11.6 Å². The molecule has 2 heterocycles. The number of rotatable bonds is 23. The number of hydrogen-bond donors (Lipinski definition) is 0. The van der Waals surface area contributed by atoms with Crippen molar-refractivity contribution >= 4 is 23.5 Å². The zero-order valence-corrected chi connectivity index (χ0v) is 23.6. The zero-order valence-electron chi connectivity index (χ0n) is 23.6. The largest absolute Gasteiger partial charge is 0.381 e. The van der Waals surface area contributed by atoms with Crippen LogP contribution in [-0.2, 0) is 0 Å². The highest BCUT2D eigenvalue weighted by Crippen LogP contribution is 2.16. The van der Waals surface area contributed by atoms with E-state index in [0.29, 0.717) is 12.8 Å². The molecule has 0 unspecified atom stereocenters. The fourth-order valence-corrected chi connectivity index (χ4v) is 4.73. The molecule has 0 aliphatic carbocycles. The molecule has 40 heavy (non-hydrogen) atoms. The molecule has 0 aliphatic heterocycles. The van der Waals surface area contributed by atoms with E-state index in [1.54, 1.807) is 0 Å². The number of unbranched alkanes of at least 4 members (excludes halogenated alkanes) is 17. The van der Waals surface area contributed by atoms with Crippen LogP contribution in [-0.4, -0.2) is 40.8 Å². The summed E-state index contributed by atoms with van der Waals surface area (Å²) in [7, 11) is 0. The van der Waals surface area contributed by atoms with E-state index >= 15 is 0 Å². The van der Waals surface area contributed by atoms with Crippen LogP contribution in [0.4, 0.5) is 11.6 Å². The van der Waals surface area contributed by atoms with E-state index in [1.165, 1.54) is 111 Å². The normalized spacial score (nSPS) is 11.1. The summed E-state index contributed by atoms with van der Waals surface area (Å²) >= 11 is 0. The van der Waals surface area contributed by atoms with Crippen LogP contribution in [0.5, 0.6) is 0 Å². The van der Waals surface area contributed by atoms with Crippen molar-refractivity contribution in [3.8, 4) is 0 Å². The summed E-state index contributed by atoms with van der Waals surface area (Å²) < 4.78 is 2.41. The smallest absolute Gasteiger partial charge is 0.358 e. The molecule has 0 aliphatic rings. The van der Waals surface area contributed by atoms with Crippen LogP contribution >= 0.6 is 0 Å². The Kier molecular flexibility index (Phi) is 16.1. The SMILES string of the molecule is O=C(CCCCCCCCCCCCCCCCCCCCC(=O)n1cnc([N+](=O)[O-])c1)n1cnc([N+](=O)[O-])c1. The fourth-order valence-electron chi connectivity index (χ4n) is 4.73. The maximum atomic E-state index is 12.0. The molecule has 0 atom stereocenters. The number of carbonyl (C=O) groups excluding carboxylic acids is 2. The van der Waals surface area contributed by atoms with E-state index in [1.807, 2.05) is 0 Å². The van der Waals surface area contributed by atoms with Crippen LogP contribution in [0.1, 0.15) is 138 Å². The third-order valence-corrected chi connectivity index (χ3v) is 7.12. The Bertz CT molecular complexity index is 968. The van der Waals surface area contributed by atoms with E-state index in [9.17, 15) is 29.8 Å². The first-order valence-electron chi connectivity index (χ1n) is 14.8. The second kappa shape index (κ2) is 19.6. The molecular weight excluding hydrogens is 516 g/mol. The first-order valence-corrected chi connectivity index (χ1v) is 14.8. The lowest BCUT2D eigenvalue weighted by molar-refractivity contribution is -0.389. The molecule has 2 aromatic heterocycles. The molecular formula is C28H44N6O6. The van der Waals surface area contributed by atoms with E-state index in [4.69, 9.17) is 0 Å². The van der Waals surface area contributed by atoms with Crippen LogP contribution in [0, 0.1) is 20.2 Å². The molecule has 12 nitrogen and oxygen atoms in total. The van der Waals surface area contributed by atoms with Gasteiger partial charge < -0.3 is 20.2 Å². The standard InChI is InChI=1S/C28H44N6O6/c35-27(31-21-25(29-23-31)33(37)38)19-17-15-13-11-9-7-5-3-1-2-4-6-8-10-12-14-16-18-20-28(36)32-22-26(30-24-32)34(39)40/h21-24H,1-20H2. The summed E-state index contributed by atoms with van der Waals surface area (Å²) in [6.07, 6.45) is 26.6. The lowest BCUT2D eigenvalue weighted by atomic mass is 10.0. The average molecular weight is 561 g/mol. The summed E-state index contributed by atoms with van der Waals surface area (Å²) in [6, 6.07) is 0. The van der Waals surface area contributed by atoms with E-state index in [-0.39, 0.29) is 23.5 Å². The Labute approximate surface area is 235 Å². The van der Waals surface area contributed by atoms with Gasteiger partial charge in [-0.15, -0.1) is 0 Å². The molecule has 222 valence electrons. The van der Waals surface area contributed by atoms with Gasteiger partial charge in [-0.25, -0.2) is 9.13 Å². The maximum Gasteiger partial charge on any atom is 0.381 e. The minimum Gasteiger partial charge on any atom is -0.358 e. The molecule has 0 saturated carbocycles. The highest BCUT2D eigenvalue weighted by molar-refractivity contribution is 5.79. The summed E-state index contributed by atoms with van der Waals surface area (Å²) in [4.78, 5) is 51.3. The van der Waals surface area contributed by atoms with Crippen LogP contribution in [0.2, 0.25) is 0 Å². The Morgan fingerprint density at radius 3 is 1.00 bits per heavy atom. The Morgan fingerprint density at radius 2 is 0.775 bits per heavy atom. The molecule has 2 rings (SSSR count). The third-order valence-electron chi connectivity index (χ3n) is 7.12. The molecule has 0 aromatic carbocycles. The average Bonchev–Trinajstić information content (AvgIpc) is 3.63. The summed E-state index contributed by atoms with van der Waals surface area (Å²) in [5, 5.41) is 21.3. The quantitative estimate of drug-likeness (QED) is 0.0760. The van der Waals surface area contributed by atoms with Gasteiger partial charge in [-0.3, -0.25) is 9.59 Å². The van der Waals surface area contributed by atoms with Crippen molar-refractivity contribution in [2.24, 2.45) is 0 Å². The summed E-state index contributed by atoms with van der Waals surface area (Å²) in [5.41, 5.74) is 0. The molecule has 2 aromatic rings. The van der Waals surface area contributed by atoms with Crippen molar-refractivity contribution in [3.63, 3.8) is 0 Å². The Balaban J connectivity index is 1.27. The number of nitro groups is 2. The van der Waals surface area contributed by atoms with Crippen molar-refractivity contribution in [1.82, 2.24) is 19.1 Å². The molecule has 0 radical (unpaired) electrons. The molecule has 0 N–H and O–H groups in total. The minimum atomic E-state index is -0.600. The molecule has 0 spiro atoms. The van der Waals surface area contributed by atoms with Crippen LogP contribution in [0.25, 0.3) is 0 Å². The van der Waals surface area contributed by atoms with Crippen molar-refractivity contribution in [2.45, 2.75) is 128 Å². The summed E-state index contributed by atoms with van der Waals surface area (Å²) in [5.74, 6) is -0.891. The number of nitrogens with zero attached hydrogens (tertiary/aromatic N) is 6. The van der Waals surface area contributed by atoms with Crippen LogP contribution in [0.3, 0.4) is 0 Å². The number of hydrogen-bond acceptors (Lipinski definition) is 8. The summed E-state index contributed by atoms with van der Waals surface area (Å²) in [6.45, 7) is 0. The van der Waals surface area contributed by atoms with Crippen LogP contribution in [0.15, 0.2) is 25.0 Å². The highest BCUT2D eigenvalue weighted by Gasteiger charge is 2.15. The predicted molar refractivity (Wildman–Crippen MR) is 151 cm³/mol. The molecule has 0 bridgehead atoms. The topological polar surface area (TPSA) is 156 Å². The van der Waals surface area contributed by atoms with Gasteiger partial charge in [0.2, 0.25) is 24.5 Å². The van der Waals surface area contributed by atoms with Gasteiger partial charge in [0, 0.05) is 12.8 Å². The van der Waals surface area contributed by atoms with E-state index < -0.39 is 9.85 Å². The second-order valence-electron chi connectivity index (χ2n) is 10.4. The molecule has 12 heteroatoms. The predicted octanol–water partition coefficient (Wildman–Crippen LogP) is 7.68. The van der Waals surface area contributed by atoms with Gasteiger partial charge in [-0.1, -0.05) is 103 Å². The first-order chi connectivity index (χ1) is 19.4. The second-order valence-corrected chi connectivity index (χ2v) is 10.4.